The molecule has 0 unspecified atom stereocenters. The average Bonchev–Trinajstić information content (AvgIpc) is 2.64. The number of carbonyl (C=O) groups excluding carboxylic acids is 1. The maximum atomic E-state index is 12.9. The quantitative estimate of drug-likeness (QED) is 0.825. The van der Waals surface area contributed by atoms with E-state index in [0.29, 0.717) is 24.6 Å². The van der Waals surface area contributed by atoms with Crippen LogP contribution in [-0.4, -0.2) is 36.7 Å². The molecule has 0 aliphatic carbocycles. The van der Waals surface area contributed by atoms with Gasteiger partial charge in [0.1, 0.15) is 5.82 Å². The first kappa shape index (κ1) is 20.2. The van der Waals surface area contributed by atoms with Gasteiger partial charge in [0.05, 0.1) is 22.3 Å². The monoisotopic (exact) mass is 396 g/mol. The lowest BCUT2D eigenvalue weighted by Gasteiger charge is -2.26. The number of rotatable bonds is 4. The van der Waals surface area contributed by atoms with Crippen molar-refractivity contribution in [1.29, 1.82) is 0 Å². The van der Waals surface area contributed by atoms with Crippen molar-refractivity contribution in [3.63, 3.8) is 0 Å². The minimum atomic E-state index is -3.70. The van der Waals surface area contributed by atoms with E-state index in [0.717, 1.165) is 19.3 Å². The fourth-order valence-corrected chi connectivity index (χ4v) is 4.51. The van der Waals surface area contributed by atoms with Gasteiger partial charge in [-0.05, 0) is 37.1 Å². The summed E-state index contributed by atoms with van der Waals surface area (Å²) in [5.74, 6) is -0.158. The number of amides is 1. The number of hydrogen-bond acceptors (Lipinski definition) is 5. The second-order valence-corrected chi connectivity index (χ2v) is 7.79. The summed E-state index contributed by atoms with van der Waals surface area (Å²) in [6.45, 7) is 0.973. The van der Waals surface area contributed by atoms with Crippen molar-refractivity contribution in [1.82, 2.24) is 9.29 Å². The number of pyridine rings is 1. The summed E-state index contributed by atoms with van der Waals surface area (Å²) in [7, 11) is -3.70. The number of nitrogen functional groups attached to an aromatic ring is 1. The molecule has 3 N–H and O–H groups in total. The molecule has 1 aliphatic rings. The summed E-state index contributed by atoms with van der Waals surface area (Å²) in [6, 6.07) is 9.43. The minimum absolute atomic E-state index is 0. The van der Waals surface area contributed by atoms with Crippen molar-refractivity contribution in [2.45, 2.75) is 24.2 Å². The Kier molecular flexibility index (Phi) is 6.57. The lowest BCUT2D eigenvalue weighted by Crippen LogP contribution is -2.36. The molecule has 0 saturated carbocycles. The summed E-state index contributed by atoms with van der Waals surface area (Å²) in [4.78, 5) is 16.5. The molecule has 1 aromatic heterocycles. The normalized spacial score (nSPS) is 15.1. The first-order valence-corrected chi connectivity index (χ1v) is 9.54. The molecule has 2 aromatic rings. The molecule has 26 heavy (non-hydrogen) atoms. The van der Waals surface area contributed by atoms with E-state index in [1.807, 2.05) is 0 Å². The van der Waals surface area contributed by atoms with Crippen LogP contribution in [0.2, 0.25) is 0 Å². The van der Waals surface area contributed by atoms with Crippen molar-refractivity contribution < 1.29 is 13.2 Å². The van der Waals surface area contributed by atoms with Gasteiger partial charge in [-0.25, -0.2) is 13.4 Å². The van der Waals surface area contributed by atoms with Crippen LogP contribution in [0.1, 0.15) is 29.6 Å². The van der Waals surface area contributed by atoms with Crippen molar-refractivity contribution in [3.8, 4) is 0 Å². The van der Waals surface area contributed by atoms with E-state index in [4.69, 9.17) is 5.73 Å². The molecule has 0 radical (unpaired) electrons. The zero-order valence-corrected chi connectivity index (χ0v) is 15.7. The smallest absolute Gasteiger partial charge is 0.257 e. The minimum Gasteiger partial charge on any atom is -0.384 e. The Morgan fingerprint density at radius 3 is 2.42 bits per heavy atom. The van der Waals surface area contributed by atoms with Crippen molar-refractivity contribution in [2.24, 2.45) is 0 Å². The van der Waals surface area contributed by atoms with Crippen LogP contribution in [0.25, 0.3) is 0 Å². The molecule has 7 nitrogen and oxygen atoms in total. The third-order valence-corrected chi connectivity index (χ3v) is 6.07. The van der Waals surface area contributed by atoms with E-state index in [1.54, 1.807) is 24.3 Å². The zero-order valence-electron chi connectivity index (χ0n) is 14.1. The van der Waals surface area contributed by atoms with E-state index in [9.17, 15) is 13.2 Å². The highest BCUT2D eigenvalue weighted by molar-refractivity contribution is 7.89. The molecule has 1 saturated heterocycles. The van der Waals surface area contributed by atoms with Crippen LogP contribution >= 0.6 is 12.4 Å². The number of sulfonamides is 1. The Hall–Kier alpha value is -2.16. The SMILES string of the molecule is Cl.Nc1ccc(NC(=O)c2ccccc2S(=O)(=O)N2CCCCC2)cn1. The number of carbonyl (C=O) groups is 1. The van der Waals surface area contributed by atoms with Gasteiger partial charge in [-0.1, -0.05) is 18.6 Å². The van der Waals surface area contributed by atoms with E-state index in [1.165, 1.54) is 22.6 Å². The van der Waals surface area contributed by atoms with Gasteiger partial charge < -0.3 is 11.1 Å². The number of halogens is 1. The number of nitrogens with two attached hydrogens (primary N) is 1. The molecule has 0 atom stereocenters. The van der Waals surface area contributed by atoms with Crippen molar-refractivity contribution >= 4 is 39.8 Å². The predicted octanol–water partition coefficient (Wildman–Crippen LogP) is 2.51. The highest BCUT2D eigenvalue weighted by Gasteiger charge is 2.29. The van der Waals surface area contributed by atoms with Crippen LogP contribution in [-0.2, 0) is 10.0 Å². The maximum absolute atomic E-state index is 12.9. The Morgan fingerprint density at radius 1 is 1.08 bits per heavy atom. The fourth-order valence-electron chi connectivity index (χ4n) is 2.80. The highest BCUT2D eigenvalue weighted by atomic mass is 35.5. The van der Waals surface area contributed by atoms with Crippen LogP contribution in [0.15, 0.2) is 47.5 Å². The van der Waals surface area contributed by atoms with E-state index >= 15 is 0 Å². The number of nitrogens with one attached hydrogen (secondary N) is 1. The molecule has 1 aliphatic heterocycles. The fraction of sp³-hybridized carbons (Fsp3) is 0.294. The molecular weight excluding hydrogens is 376 g/mol. The van der Waals surface area contributed by atoms with Crippen LogP contribution < -0.4 is 11.1 Å². The largest absolute Gasteiger partial charge is 0.384 e. The Morgan fingerprint density at radius 2 is 1.77 bits per heavy atom. The van der Waals surface area contributed by atoms with Gasteiger partial charge in [0.2, 0.25) is 10.0 Å². The van der Waals surface area contributed by atoms with Crippen molar-refractivity contribution in [3.05, 3.63) is 48.2 Å². The number of hydrogen-bond donors (Lipinski definition) is 2. The second-order valence-electron chi connectivity index (χ2n) is 5.89. The standard InChI is InChI=1S/C17H20N4O3S.ClH/c18-16-9-8-13(12-19-16)20-17(22)14-6-2-3-7-15(14)25(23,24)21-10-4-1-5-11-21;/h2-3,6-9,12H,1,4-5,10-11H2,(H2,18,19)(H,20,22);1H. The van der Waals surface area contributed by atoms with Crippen molar-refractivity contribution in [2.75, 3.05) is 24.1 Å². The third kappa shape index (κ3) is 4.32. The molecule has 2 heterocycles. The van der Waals surface area contributed by atoms with Gasteiger partial charge in [0, 0.05) is 13.1 Å². The maximum Gasteiger partial charge on any atom is 0.257 e. The lowest BCUT2D eigenvalue weighted by molar-refractivity contribution is 0.102. The van der Waals surface area contributed by atoms with Gasteiger partial charge in [0.25, 0.3) is 5.91 Å². The zero-order chi connectivity index (χ0) is 17.9. The van der Waals surface area contributed by atoms with Crippen LogP contribution in [0, 0.1) is 0 Å². The first-order chi connectivity index (χ1) is 12.0. The first-order valence-electron chi connectivity index (χ1n) is 8.10. The summed E-state index contributed by atoms with van der Waals surface area (Å²) >= 11 is 0. The molecule has 1 fully saturated rings. The molecule has 0 bridgehead atoms. The Labute approximate surface area is 159 Å². The molecular formula is C17H21ClN4O3S. The molecule has 140 valence electrons. The second kappa shape index (κ2) is 8.48. The third-order valence-electron chi connectivity index (χ3n) is 4.11. The van der Waals surface area contributed by atoms with Gasteiger partial charge in [0.15, 0.2) is 0 Å². The van der Waals surface area contributed by atoms with E-state index in [-0.39, 0.29) is 22.9 Å². The van der Waals surface area contributed by atoms with Crippen LogP contribution in [0.5, 0.6) is 0 Å². The summed E-state index contributed by atoms with van der Waals surface area (Å²) < 4.78 is 27.3. The summed E-state index contributed by atoms with van der Waals surface area (Å²) in [5.41, 5.74) is 6.09. The highest BCUT2D eigenvalue weighted by Crippen LogP contribution is 2.24. The van der Waals surface area contributed by atoms with Crippen LogP contribution in [0.4, 0.5) is 11.5 Å². The Balaban J connectivity index is 0.00000243. The summed E-state index contributed by atoms with van der Waals surface area (Å²) in [5, 5.41) is 2.66. The predicted molar refractivity (Wildman–Crippen MR) is 103 cm³/mol. The number of nitrogens with zero attached hydrogens (tertiary/aromatic N) is 2. The van der Waals surface area contributed by atoms with E-state index in [2.05, 4.69) is 10.3 Å². The number of aromatic nitrogens is 1. The molecule has 0 spiro atoms. The van der Waals surface area contributed by atoms with Gasteiger partial charge in [-0.2, -0.15) is 4.31 Å². The molecule has 1 aromatic carbocycles. The van der Waals surface area contributed by atoms with Gasteiger partial charge in [-0.15, -0.1) is 12.4 Å². The Bertz CT molecular complexity index is 866. The average molecular weight is 397 g/mol. The lowest BCUT2D eigenvalue weighted by atomic mass is 10.2. The molecule has 9 heteroatoms. The number of piperidine rings is 1. The van der Waals surface area contributed by atoms with Gasteiger partial charge in [-0.3, -0.25) is 4.79 Å². The number of benzene rings is 1. The van der Waals surface area contributed by atoms with Crippen LogP contribution in [0.3, 0.4) is 0 Å². The van der Waals surface area contributed by atoms with Gasteiger partial charge >= 0.3 is 0 Å². The van der Waals surface area contributed by atoms with E-state index < -0.39 is 15.9 Å². The molecule has 1 amide bonds. The summed E-state index contributed by atoms with van der Waals surface area (Å²) in [6.07, 6.45) is 4.13. The molecule has 3 rings (SSSR count). The number of anilines is 2. The topological polar surface area (TPSA) is 105 Å².